The molecule has 0 saturated carbocycles. The number of hydrogen-bond donors (Lipinski definition) is 1. The van der Waals surface area contributed by atoms with Crippen LogP contribution in [-0.2, 0) is 17.7 Å². The number of hydrogen-bond acceptors (Lipinski definition) is 2. The second kappa shape index (κ2) is 7.89. The van der Waals surface area contributed by atoms with Gasteiger partial charge in [0.25, 0.3) is 5.82 Å². The standard InChI is InChI=1S/C12H19N3O/c1-2-16-11-5-6-12-14-8-10-15(12)9-4-3-7-13/h8,10H,2-6,9,11H2,1H3/p+1. The van der Waals surface area contributed by atoms with Crippen molar-refractivity contribution in [3.05, 3.63) is 18.2 Å². The molecule has 16 heavy (non-hydrogen) atoms. The summed E-state index contributed by atoms with van der Waals surface area (Å²) in [7, 11) is 0. The van der Waals surface area contributed by atoms with E-state index in [1.54, 1.807) is 0 Å². The molecule has 0 atom stereocenters. The zero-order chi connectivity index (χ0) is 11.6. The third kappa shape index (κ3) is 4.45. The van der Waals surface area contributed by atoms with Gasteiger partial charge in [-0.15, -0.1) is 0 Å². The maximum atomic E-state index is 8.48. The lowest BCUT2D eigenvalue weighted by Gasteiger charge is -2.00. The quantitative estimate of drug-likeness (QED) is 0.536. The molecule has 1 aromatic heterocycles. The summed E-state index contributed by atoms with van der Waals surface area (Å²) in [5.74, 6) is 1.22. The van der Waals surface area contributed by atoms with Gasteiger partial charge in [0.1, 0.15) is 12.4 Å². The second-order valence-electron chi connectivity index (χ2n) is 3.66. The summed E-state index contributed by atoms with van der Waals surface area (Å²) >= 11 is 0. The van der Waals surface area contributed by atoms with Crippen molar-refractivity contribution in [3.8, 4) is 6.07 Å². The predicted octanol–water partition coefficient (Wildman–Crippen LogP) is 1.58. The summed E-state index contributed by atoms with van der Waals surface area (Å²) in [5.41, 5.74) is 0. The van der Waals surface area contributed by atoms with Gasteiger partial charge < -0.3 is 4.74 Å². The number of rotatable bonds is 8. The van der Waals surface area contributed by atoms with Crippen molar-refractivity contribution in [2.75, 3.05) is 13.2 Å². The molecule has 0 fully saturated rings. The lowest BCUT2D eigenvalue weighted by atomic mass is 10.3. The number of nitrogens with zero attached hydrogens (tertiary/aromatic N) is 2. The van der Waals surface area contributed by atoms with Crippen molar-refractivity contribution in [2.24, 2.45) is 0 Å². The lowest BCUT2D eigenvalue weighted by molar-refractivity contribution is -0.703. The molecule has 1 heterocycles. The van der Waals surface area contributed by atoms with Crippen LogP contribution >= 0.6 is 0 Å². The molecule has 88 valence electrons. The Morgan fingerprint density at radius 2 is 2.38 bits per heavy atom. The molecule has 0 spiro atoms. The molecule has 0 aliphatic carbocycles. The van der Waals surface area contributed by atoms with Gasteiger partial charge in [-0.1, -0.05) is 0 Å². The largest absolute Gasteiger partial charge is 0.382 e. The summed E-state index contributed by atoms with van der Waals surface area (Å²) in [5, 5.41) is 8.48. The van der Waals surface area contributed by atoms with Crippen LogP contribution in [-0.4, -0.2) is 18.2 Å². The summed E-state index contributed by atoms with van der Waals surface area (Å²) < 4.78 is 7.49. The van der Waals surface area contributed by atoms with Crippen LogP contribution in [0, 0.1) is 11.3 Å². The van der Waals surface area contributed by atoms with E-state index in [0.29, 0.717) is 6.42 Å². The Bertz CT molecular complexity index is 327. The first-order chi connectivity index (χ1) is 7.88. The average molecular weight is 222 g/mol. The smallest absolute Gasteiger partial charge is 0.254 e. The third-order valence-corrected chi connectivity index (χ3v) is 2.45. The number of imidazole rings is 1. The number of H-pyrrole nitrogens is 1. The number of aromatic amines is 1. The Morgan fingerprint density at radius 1 is 1.50 bits per heavy atom. The molecule has 4 heteroatoms. The molecular weight excluding hydrogens is 202 g/mol. The highest BCUT2D eigenvalue weighted by atomic mass is 16.5. The Labute approximate surface area is 96.9 Å². The molecule has 0 aliphatic rings. The fourth-order valence-electron chi connectivity index (χ4n) is 1.64. The number of aromatic nitrogens is 2. The van der Waals surface area contributed by atoms with Crippen LogP contribution in [0.25, 0.3) is 0 Å². The van der Waals surface area contributed by atoms with E-state index in [0.717, 1.165) is 39.0 Å². The van der Waals surface area contributed by atoms with Gasteiger partial charge in [0, 0.05) is 19.6 Å². The number of ether oxygens (including phenoxy) is 1. The molecule has 0 aromatic carbocycles. The number of aryl methyl sites for hydroxylation is 2. The molecule has 1 aromatic rings. The molecule has 0 aliphatic heterocycles. The maximum absolute atomic E-state index is 8.48. The molecule has 1 N–H and O–H groups in total. The highest BCUT2D eigenvalue weighted by molar-refractivity contribution is 4.77. The molecule has 0 radical (unpaired) electrons. The predicted molar refractivity (Wildman–Crippen MR) is 60.6 cm³/mol. The molecule has 1 rings (SSSR count). The van der Waals surface area contributed by atoms with E-state index >= 15 is 0 Å². The van der Waals surface area contributed by atoms with E-state index in [1.165, 1.54) is 5.82 Å². The second-order valence-corrected chi connectivity index (χ2v) is 3.66. The Morgan fingerprint density at radius 3 is 3.12 bits per heavy atom. The SMILES string of the molecule is CCOCCCc1[nH]cc[n+]1CCCC#N. The van der Waals surface area contributed by atoms with Gasteiger partial charge in [-0.05, 0) is 19.8 Å². The first-order valence-corrected chi connectivity index (χ1v) is 5.89. The van der Waals surface area contributed by atoms with E-state index in [9.17, 15) is 0 Å². The summed E-state index contributed by atoms with van der Waals surface area (Å²) in [4.78, 5) is 3.23. The van der Waals surface area contributed by atoms with Crippen LogP contribution in [0.1, 0.15) is 32.0 Å². The minimum atomic E-state index is 0.622. The van der Waals surface area contributed by atoms with Crippen LogP contribution in [0.4, 0.5) is 0 Å². The number of unbranched alkanes of at least 4 members (excludes halogenated alkanes) is 1. The van der Waals surface area contributed by atoms with Crippen molar-refractivity contribution in [1.82, 2.24) is 4.98 Å². The van der Waals surface area contributed by atoms with E-state index in [1.807, 2.05) is 19.3 Å². The molecule has 0 bridgehead atoms. The van der Waals surface area contributed by atoms with Crippen molar-refractivity contribution in [2.45, 2.75) is 39.2 Å². The molecule has 4 nitrogen and oxygen atoms in total. The van der Waals surface area contributed by atoms with Crippen LogP contribution in [0.15, 0.2) is 12.4 Å². The van der Waals surface area contributed by atoms with Crippen molar-refractivity contribution in [3.63, 3.8) is 0 Å². The normalized spacial score (nSPS) is 10.2. The Kier molecular flexibility index (Phi) is 6.28. The lowest BCUT2D eigenvalue weighted by Crippen LogP contribution is -2.36. The van der Waals surface area contributed by atoms with E-state index < -0.39 is 0 Å². The third-order valence-electron chi connectivity index (χ3n) is 2.45. The van der Waals surface area contributed by atoms with Gasteiger partial charge in [0.05, 0.1) is 19.0 Å². The van der Waals surface area contributed by atoms with Gasteiger partial charge in [-0.25, -0.2) is 9.55 Å². The first-order valence-electron chi connectivity index (χ1n) is 5.89. The first kappa shape index (κ1) is 12.7. The fraction of sp³-hybridized carbons (Fsp3) is 0.667. The average Bonchev–Trinajstić information content (AvgIpc) is 2.73. The summed E-state index contributed by atoms with van der Waals surface area (Å²) in [6, 6.07) is 2.17. The molecule has 0 amide bonds. The fourth-order valence-corrected chi connectivity index (χ4v) is 1.64. The van der Waals surface area contributed by atoms with Crippen LogP contribution in [0.3, 0.4) is 0 Å². The minimum absolute atomic E-state index is 0.622. The molecule has 0 saturated heterocycles. The summed E-state index contributed by atoms with van der Waals surface area (Å²) in [6.07, 6.45) is 7.55. The Balaban J connectivity index is 2.30. The minimum Gasteiger partial charge on any atom is -0.382 e. The van der Waals surface area contributed by atoms with Gasteiger partial charge in [-0.3, -0.25) is 0 Å². The zero-order valence-electron chi connectivity index (χ0n) is 9.91. The molecule has 0 unspecified atom stereocenters. The monoisotopic (exact) mass is 222 g/mol. The highest BCUT2D eigenvalue weighted by Gasteiger charge is 2.09. The van der Waals surface area contributed by atoms with Crippen molar-refractivity contribution < 1.29 is 9.30 Å². The van der Waals surface area contributed by atoms with E-state index in [2.05, 4.69) is 15.6 Å². The topological polar surface area (TPSA) is 52.7 Å². The number of nitriles is 1. The van der Waals surface area contributed by atoms with Crippen LogP contribution < -0.4 is 4.57 Å². The van der Waals surface area contributed by atoms with Gasteiger partial charge in [0.15, 0.2) is 0 Å². The Hall–Kier alpha value is -1.34. The highest BCUT2D eigenvalue weighted by Crippen LogP contribution is 1.96. The zero-order valence-corrected chi connectivity index (χ0v) is 9.91. The van der Waals surface area contributed by atoms with E-state index in [4.69, 9.17) is 10.00 Å². The van der Waals surface area contributed by atoms with Crippen molar-refractivity contribution in [1.29, 1.82) is 5.26 Å². The van der Waals surface area contributed by atoms with E-state index in [-0.39, 0.29) is 0 Å². The maximum Gasteiger partial charge on any atom is 0.254 e. The van der Waals surface area contributed by atoms with Gasteiger partial charge in [0.2, 0.25) is 0 Å². The van der Waals surface area contributed by atoms with Crippen LogP contribution in [0.5, 0.6) is 0 Å². The van der Waals surface area contributed by atoms with Gasteiger partial charge >= 0.3 is 0 Å². The van der Waals surface area contributed by atoms with Crippen LogP contribution in [0.2, 0.25) is 0 Å². The number of nitrogens with one attached hydrogen (secondary N) is 1. The summed E-state index contributed by atoms with van der Waals surface area (Å²) in [6.45, 7) is 4.53. The van der Waals surface area contributed by atoms with Crippen molar-refractivity contribution >= 4 is 0 Å². The molecular formula is C12H20N3O+. The van der Waals surface area contributed by atoms with Gasteiger partial charge in [-0.2, -0.15) is 5.26 Å².